The fraction of sp³-hybridized carbons (Fsp3) is 0.684. The maximum absolute atomic E-state index is 5.62. The van der Waals surface area contributed by atoms with Crippen LogP contribution in [0.2, 0.25) is 0 Å². The molecule has 2 bridgehead atoms. The number of rotatable bonds is 4. The van der Waals surface area contributed by atoms with Crippen molar-refractivity contribution in [1.82, 2.24) is 9.80 Å². The van der Waals surface area contributed by atoms with Crippen molar-refractivity contribution in [2.75, 3.05) is 46.7 Å². The number of fused-ring (bicyclic) bond motifs is 3. The number of ether oxygens (including phenoxy) is 3. The number of likely N-dealkylation sites (tertiary alicyclic amines) is 1. The molecule has 5 heterocycles. The minimum atomic E-state index is 0.351. The number of hydrogen-bond acceptors (Lipinski definition) is 5. The van der Waals surface area contributed by atoms with Gasteiger partial charge < -0.3 is 14.2 Å². The highest BCUT2D eigenvalue weighted by molar-refractivity contribution is 5.46. The Morgan fingerprint density at radius 2 is 1.96 bits per heavy atom. The standard InChI is InChI=1S/C19H26N2O3/c1-22-9-8-21-11-15(14-2-3-16-17(10-14)24-12-23-16)19-18(21)13-4-6-20(19)7-5-13/h2-3,10,13,15,18-19H,4-9,11-12H2,1H3/t15-,18+,19+/m1/s1. The lowest BCUT2D eigenvalue weighted by Crippen LogP contribution is -2.60. The van der Waals surface area contributed by atoms with Crippen molar-refractivity contribution in [3.05, 3.63) is 23.8 Å². The average molecular weight is 330 g/mol. The van der Waals surface area contributed by atoms with Gasteiger partial charge in [-0.05, 0) is 49.5 Å². The third kappa shape index (κ3) is 2.25. The molecule has 5 heteroatoms. The summed E-state index contributed by atoms with van der Waals surface area (Å²) in [7, 11) is 1.80. The average Bonchev–Trinajstić information content (AvgIpc) is 3.26. The van der Waals surface area contributed by atoms with Crippen LogP contribution in [0.5, 0.6) is 11.5 Å². The number of benzene rings is 1. The minimum Gasteiger partial charge on any atom is -0.454 e. The third-order valence-corrected chi connectivity index (χ3v) is 6.50. The Morgan fingerprint density at radius 1 is 1.12 bits per heavy atom. The lowest BCUT2D eigenvalue weighted by molar-refractivity contribution is -0.0116. The molecular formula is C19H26N2O3. The van der Waals surface area contributed by atoms with Gasteiger partial charge in [0.05, 0.1) is 6.61 Å². The van der Waals surface area contributed by atoms with Crippen molar-refractivity contribution in [3.63, 3.8) is 0 Å². The molecule has 130 valence electrons. The topological polar surface area (TPSA) is 34.2 Å². The Hall–Kier alpha value is -1.30. The number of nitrogens with zero attached hydrogens (tertiary/aromatic N) is 2. The maximum Gasteiger partial charge on any atom is 0.231 e. The van der Waals surface area contributed by atoms with Crippen molar-refractivity contribution in [2.24, 2.45) is 5.92 Å². The molecule has 1 aromatic rings. The molecule has 0 spiro atoms. The van der Waals surface area contributed by atoms with E-state index in [1.165, 1.54) is 31.5 Å². The number of methoxy groups -OCH3 is 1. The third-order valence-electron chi connectivity index (χ3n) is 6.50. The van der Waals surface area contributed by atoms with E-state index in [0.29, 0.717) is 24.8 Å². The Labute approximate surface area is 143 Å². The van der Waals surface area contributed by atoms with Gasteiger partial charge in [0, 0.05) is 38.2 Å². The van der Waals surface area contributed by atoms with E-state index in [0.717, 1.165) is 37.1 Å². The van der Waals surface area contributed by atoms with Gasteiger partial charge in [-0.25, -0.2) is 0 Å². The van der Waals surface area contributed by atoms with Crippen molar-refractivity contribution in [3.8, 4) is 11.5 Å². The van der Waals surface area contributed by atoms with Gasteiger partial charge in [0.15, 0.2) is 11.5 Å². The van der Waals surface area contributed by atoms with Crippen molar-refractivity contribution >= 4 is 0 Å². The van der Waals surface area contributed by atoms with Gasteiger partial charge in [-0.2, -0.15) is 0 Å². The summed E-state index contributed by atoms with van der Waals surface area (Å²) < 4.78 is 16.5. The van der Waals surface area contributed by atoms with E-state index in [4.69, 9.17) is 14.2 Å². The first kappa shape index (κ1) is 15.0. The van der Waals surface area contributed by atoms with Crippen molar-refractivity contribution < 1.29 is 14.2 Å². The first-order chi connectivity index (χ1) is 11.8. The predicted octanol–water partition coefficient (Wildman–Crippen LogP) is 1.92. The van der Waals surface area contributed by atoms with Crippen LogP contribution in [0.1, 0.15) is 24.3 Å². The zero-order chi connectivity index (χ0) is 16.1. The molecule has 3 atom stereocenters. The molecular weight excluding hydrogens is 304 g/mol. The molecule has 0 radical (unpaired) electrons. The van der Waals surface area contributed by atoms with Gasteiger partial charge >= 0.3 is 0 Å². The van der Waals surface area contributed by atoms with E-state index in [-0.39, 0.29) is 0 Å². The highest BCUT2D eigenvalue weighted by Crippen LogP contribution is 2.47. The minimum absolute atomic E-state index is 0.351. The summed E-state index contributed by atoms with van der Waals surface area (Å²) in [6.45, 7) is 5.89. The first-order valence-corrected chi connectivity index (χ1v) is 9.22. The quantitative estimate of drug-likeness (QED) is 0.843. The summed E-state index contributed by atoms with van der Waals surface area (Å²) >= 11 is 0. The van der Waals surface area contributed by atoms with Crippen LogP contribution in [0.15, 0.2) is 18.2 Å². The van der Waals surface area contributed by atoms with Gasteiger partial charge in [0.25, 0.3) is 0 Å². The molecule has 4 fully saturated rings. The van der Waals surface area contributed by atoms with Crippen LogP contribution >= 0.6 is 0 Å². The van der Waals surface area contributed by atoms with E-state index in [1.54, 1.807) is 7.11 Å². The van der Waals surface area contributed by atoms with Gasteiger partial charge in [0.1, 0.15) is 0 Å². The van der Waals surface area contributed by atoms with Gasteiger partial charge in [-0.3, -0.25) is 9.80 Å². The molecule has 0 aromatic heterocycles. The second kappa shape index (κ2) is 5.90. The maximum atomic E-state index is 5.62. The second-order valence-electron chi connectivity index (χ2n) is 7.56. The molecule has 6 rings (SSSR count). The van der Waals surface area contributed by atoms with E-state index in [9.17, 15) is 0 Å². The number of hydrogen-bond donors (Lipinski definition) is 0. The van der Waals surface area contributed by atoms with Crippen LogP contribution in [-0.2, 0) is 4.74 Å². The molecule has 0 N–H and O–H groups in total. The van der Waals surface area contributed by atoms with E-state index < -0.39 is 0 Å². The largest absolute Gasteiger partial charge is 0.454 e. The van der Waals surface area contributed by atoms with Crippen molar-refractivity contribution in [2.45, 2.75) is 30.8 Å². The lowest BCUT2D eigenvalue weighted by Gasteiger charge is -2.51. The highest BCUT2D eigenvalue weighted by Gasteiger charge is 2.53. The molecule has 5 aliphatic rings. The fourth-order valence-corrected chi connectivity index (χ4v) is 5.44. The van der Waals surface area contributed by atoms with Crippen LogP contribution < -0.4 is 9.47 Å². The summed E-state index contributed by atoms with van der Waals surface area (Å²) in [5.41, 5.74) is 1.40. The Balaban J connectivity index is 1.47. The Bertz CT molecular complexity index is 615. The molecule has 5 nitrogen and oxygen atoms in total. The van der Waals surface area contributed by atoms with Crippen molar-refractivity contribution in [1.29, 1.82) is 0 Å². The normalized spacial score (nSPS) is 37.0. The molecule has 0 saturated carbocycles. The zero-order valence-electron chi connectivity index (χ0n) is 14.3. The lowest BCUT2D eigenvalue weighted by atomic mass is 9.75. The monoisotopic (exact) mass is 330 g/mol. The van der Waals surface area contributed by atoms with Crippen LogP contribution in [0.25, 0.3) is 0 Å². The molecule has 0 aliphatic carbocycles. The van der Waals surface area contributed by atoms with Gasteiger partial charge in [0.2, 0.25) is 6.79 Å². The smallest absolute Gasteiger partial charge is 0.231 e. The summed E-state index contributed by atoms with van der Waals surface area (Å²) in [6.07, 6.45) is 2.72. The molecule has 4 saturated heterocycles. The van der Waals surface area contributed by atoms with E-state index in [2.05, 4.69) is 28.0 Å². The van der Waals surface area contributed by atoms with Crippen LogP contribution in [0, 0.1) is 5.92 Å². The SMILES string of the molecule is COCCN1C[C@H](c2ccc3c(c2)OCO3)[C@H]2[C@@H]1C1CCN2CC1. The molecule has 0 amide bonds. The van der Waals surface area contributed by atoms with Crippen LogP contribution in [0.4, 0.5) is 0 Å². The van der Waals surface area contributed by atoms with E-state index >= 15 is 0 Å². The summed E-state index contributed by atoms with van der Waals surface area (Å²) in [6, 6.07) is 7.89. The van der Waals surface area contributed by atoms with Gasteiger partial charge in [-0.1, -0.05) is 6.07 Å². The summed E-state index contributed by atoms with van der Waals surface area (Å²) in [5, 5.41) is 0. The summed E-state index contributed by atoms with van der Waals surface area (Å²) in [4.78, 5) is 5.44. The van der Waals surface area contributed by atoms with Crippen LogP contribution in [-0.4, -0.2) is 68.6 Å². The van der Waals surface area contributed by atoms with E-state index in [1.807, 2.05) is 0 Å². The molecule has 0 unspecified atom stereocenters. The van der Waals surface area contributed by atoms with Gasteiger partial charge in [-0.15, -0.1) is 0 Å². The first-order valence-electron chi connectivity index (χ1n) is 9.22. The summed E-state index contributed by atoms with van der Waals surface area (Å²) in [5.74, 6) is 3.21. The fourth-order valence-electron chi connectivity index (χ4n) is 5.44. The van der Waals surface area contributed by atoms with Crippen LogP contribution in [0.3, 0.4) is 0 Å². The predicted molar refractivity (Wildman–Crippen MR) is 90.6 cm³/mol. The number of piperidine rings is 3. The molecule has 1 aromatic carbocycles. The molecule has 24 heavy (non-hydrogen) atoms. The highest BCUT2D eigenvalue weighted by atomic mass is 16.7. The Morgan fingerprint density at radius 3 is 2.79 bits per heavy atom. The Kier molecular flexibility index (Phi) is 3.69. The second-order valence-corrected chi connectivity index (χ2v) is 7.56. The molecule has 5 aliphatic heterocycles. The zero-order valence-corrected chi connectivity index (χ0v) is 14.3.